The van der Waals surface area contributed by atoms with Crippen molar-refractivity contribution in [1.29, 1.82) is 0 Å². The van der Waals surface area contributed by atoms with Crippen molar-refractivity contribution in [3.63, 3.8) is 0 Å². The first-order valence-electron chi connectivity index (χ1n) is 3.89. The molecule has 0 aromatic heterocycles. The number of hydrogen-bond acceptors (Lipinski definition) is 2. The quantitative estimate of drug-likeness (QED) is 0.559. The van der Waals surface area contributed by atoms with E-state index in [-0.39, 0.29) is 5.97 Å². The second-order valence-electron chi connectivity index (χ2n) is 3.01. The highest BCUT2D eigenvalue weighted by atomic mass is 16.5. The van der Waals surface area contributed by atoms with Gasteiger partial charge in [0.05, 0.1) is 6.61 Å². The third-order valence-corrected chi connectivity index (χ3v) is 2.02. The maximum atomic E-state index is 10.6. The zero-order valence-corrected chi connectivity index (χ0v) is 6.59. The minimum absolute atomic E-state index is 0.0703. The number of ether oxygens (including phenoxy) is 1. The van der Waals surface area contributed by atoms with Crippen LogP contribution >= 0.6 is 0 Å². The second-order valence-corrected chi connectivity index (χ2v) is 3.01. The van der Waals surface area contributed by atoms with Crippen LogP contribution in [0, 0.1) is 11.8 Å². The third kappa shape index (κ3) is 2.01. The summed E-state index contributed by atoms with van der Waals surface area (Å²) in [6.07, 6.45) is 1.73. The van der Waals surface area contributed by atoms with E-state index < -0.39 is 0 Å². The molecule has 0 aromatic carbocycles. The summed E-state index contributed by atoms with van der Waals surface area (Å²) in [6.45, 7) is 4.65. The minimum atomic E-state index is -0.0703. The van der Waals surface area contributed by atoms with Gasteiger partial charge in [0.25, 0.3) is 0 Å². The van der Waals surface area contributed by atoms with E-state index in [1.165, 1.54) is 6.42 Å². The van der Waals surface area contributed by atoms with Crippen molar-refractivity contribution in [2.24, 2.45) is 11.8 Å². The summed E-state index contributed by atoms with van der Waals surface area (Å²) in [4.78, 5) is 10.6. The van der Waals surface area contributed by atoms with Crippen LogP contribution in [0.4, 0.5) is 0 Å². The number of carbonyl (C=O) groups is 1. The first kappa shape index (κ1) is 7.58. The molecule has 10 heavy (non-hydrogen) atoms. The Hall–Kier alpha value is -0.530. The first-order chi connectivity index (χ1) is 4.74. The van der Waals surface area contributed by atoms with Crippen molar-refractivity contribution < 1.29 is 9.53 Å². The molecule has 1 rings (SSSR count). The molecule has 0 aromatic rings. The highest BCUT2D eigenvalue weighted by Gasteiger charge is 2.33. The van der Waals surface area contributed by atoms with E-state index in [1.54, 1.807) is 0 Å². The van der Waals surface area contributed by atoms with Crippen molar-refractivity contribution in [2.45, 2.75) is 26.7 Å². The van der Waals surface area contributed by atoms with Gasteiger partial charge < -0.3 is 4.74 Å². The molecule has 0 saturated heterocycles. The number of carbonyl (C=O) groups excluding carboxylic acids is 1. The maximum absolute atomic E-state index is 10.6. The van der Waals surface area contributed by atoms with Gasteiger partial charge in [0, 0.05) is 6.42 Å². The number of rotatable bonds is 3. The molecular weight excluding hydrogens is 128 g/mol. The zero-order valence-electron chi connectivity index (χ0n) is 6.59. The van der Waals surface area contributed by atoms with Gasteiger partial charge >= 0.3 is 5.97 Å². The topological polar surface area (TPSA) is 26.3 Å². The van der Waals surface area contributed by atoms with Crippen LogP contribution in [-0.4, -0.2) is 12.6 Å². The lowest BCUT2D eigenvalue weighted by atomic mass is 10.4. The fraction of sp³-hybridized carbons (Fsp3) is 0.875. The molecule has 2 heteroatoms. The highest BCUT2D eigenvalue weighted by molar-refractivity contribution is 5.68. The van der Waals surface area contributed by atoms with Gasteiger partial charge in [-0.25, -0.2) is 0 Å². The van der Waals surface area contributed by atoms with Gasteiger partial charge in [0.1, 0.15) is 0 Å². The van der Waals surface area contributed by atoms with Crippen LogP contribution in [-0.2, 0) is 9.53 Å². The summed E-state index contributed by atoms with van der Waals surface area (Å²) < 4.78 is 4.95. The van der Waals surface area contributed by atoms with Crippen LogP contribution in [0.1, 0.15) is 26.7 Å². The molecule has 2 atom stereocenters. The van der Waals surface area contributed by atoms with Gasteiger partial charge in [0.2, 0.25) is 0 Å². The van der Waals surface area contributed by atoms with E-state index >= 15 is 0 Å². The van der Waals surface area contributed by atoms with Gasteiger partial charge in [-0.15, -0.1) is 0 Å². The molecule has 0 bridgehead atoms. The Balaban J connectivity index is 2.00. The van der Waals surface area contributed by atoms with Crippen molar-refractivity contribution in [1.82, 2.24) is 0 Å². The average molecular weight is 142 g/mol. The molecule has 1 aliphatic carbocycles. The van der Waals surface area contributed by atoms with Crippen LogP contribution in [0.15, 0.2) is 0 Å². The Morgan fingerprint density at radius 3 is 2.70 bits per heavy atom. The molecule has 1 saturated carbocycles. The molecule has 58 valence electrons. The first-order valence-corrected chi connectivity index (χ1v) is 3.89. The Labute approximate surface area is 61.6 Å². The number of esters is 1. The Kier molecular flexibility index (Phi) is 2.30. The van der Waals surface area contributed by atoms with Crippen LogP contribution in [0.2, 0.25) is 0 Å². The molecule has 0 radical (unpaired) electrons. The van der Waals surface area contributed by atoms with E-state index in [2.05, 4.69) is 6.92 Å². The maximum Gasteiger partial charge on any atom is 0.305 e. The third-order valence-electron chi connectivity index (χ3n) is 2.02. The van der Waals surface area contributed by atoms with Gasteiger partial charge in [0.15, 0.2) is 0 Å². The van der Waals surface area contributed by atoms with E-state index in [0.29, 0.717) is 18.9 Å². The molecule has 2 unspecified atom stereocenters. The lowest BCUT2D eigenvalue weighted by molar-refractivity contribution is -0.143. The van der Waals surface area contributed by atoms with Crippen molar-refractivity contribution in [2.75, 3.05) is 6.61 Å². The van der Waals surface area contributed by atoms with E-state index in [0.717, 1.165) is 5.92 Å². The standard InChI is InChI=1S/C8H14O2/c1-3-8(9)10-5-7-4-6(7)2/h6-7H,3-5H2,1-2H3. The second kappa shape index (κ2) is 3.04. The average Bonchev–Trinajstić information content (AvgIpc) is 2.61. The predicted molar refractivity (Wildman–Crippen MR) is 38.5 cm³/mol. The van der Waals surface area contributed by atoms with Crippen molar-refractivity contribution in [3.8, 4) is 0 Å². The molecule has 2 nitrogen and oxygen atoms in total. The molecular formula is C8H14O2. The summed E-state index contributed by atoms with van der Waals surface area (Å²) in [5.74, 6) is 1.37. The summed E-state index contributed by atoms with van der Waals surface area (Å²) in [5.41, 5.74) is 0. The van der Waals surface area contributed by atoms with Crippen molar-refractivity contribution >= 4 is 5.97 Å². The normalized spacial score (nSPS) is 29.8. The van der Waals surface area contributed by atoms with Gasteiger partial charge in [-0.1, -0.05) is 13.8 Å². The van der Waals surface area contributed by atoms with Gasteiger partial charge in [-0.05, 0) is 18.3 Å². The SMILES string of the molecule is CCC(=O)OCC1CC1C. The lowest BCUT2D eigenvalue weighted by Gasteiger charge is -1.99. The van der Waals surface area contributed by atoms with Crippen LogP contribution < -0.4 is 0 Å². The minimum Gasteiger partial charge on any atom is -0.465 e. The monoisotopic (exact) mass is 142 g/mol. The van der Waals surface area contributed by atoms with Crippen LogP contribution in [0.25, 0.3) is 0 Å². The van der Waals surface area contributed by atoms with Crippen LogP contribution in [0.5, 0.6) is 0 Å². The number of hydrogen-bond donors (Lipinski definition) is 0. The Morgan fingerprint density at radius 1 is 1.70 bits per heavy atom. The molecule has 0 heterocycles. The predicted octanol–water partition coefficient (Wildman–Crippen LogP) is 1.60. The summed E-state index contributed by atoms with van der Waals surface area (Å²) in [7, 11) is 0. The molecule has 0 N–H and O–H groups in total. The van der Waals surface area contributed by atoms with Crippen molar-refractivity contribution in [3.05, 3.63) is 0 Å². The molecule has 0 aliphatic heterocycles. The Morgan fingerprint density at radius 2 is 2.30 bits per heavy atom. The highest BCUT2D eigenvalue weighted by Crippen LogP contribution is 2.37. The van der Waals surface area contributed by atoms with Gasteiger partial charge in [-0.3, -0.25) is 4.79 Å². The van der Waals surface area contributed by atoms with E-state index in [1.807, 2.05) is 6.92 Å². The van der Waals surface area contributed by atoms with Crippen LogP contribution in [0.3, 0.4) is 0 Å². The van der Waals surface area contributed by atoms with Gasteiger partial charge in [-0.2, -0.15) is 0 Å². The van der Waals surface area contributed by atoms with E-state index in [4.69, 9.17) is 4.74 Å². The summed E-state index contributed by atoms with van der Waals surface area (Å²) in [5, 5.41) is 0. The zero-order chi connectivity index (χ0) is 7.56. The summed E-state index contributed by atoms with van der Waals surface area (Å²) in [6, 6.07) is 0. The fourth-order valence-corrected chi connectivity index (χ4v) is 0.933. The molecule has 1 fully saturated rings. The summed E-state index contributed by atoms with van der Waals surface area (Å²) >= 11 is 0. The molecule has 0 spiro atoms. The Bertz CT molecular complexity index is 131. The molecule has 1 aliphatic rings. The lowest BCUT2D eigenvalue weighted by Crippen LogP contribution is -2.05. The molecule has 0 amide bonds. The smallest absolute Gasteiger partial charge is 0.305 e. The fourth-order valence-electron chi connectivity index (χ4n) is 0.933. The largest absolute Gasteiger partial charge is 0.465 e. The van der Waals surface area contributed by atoms with E-state index in [9.17, 15) is 4.79 Å².